The number of esters is 1. The smallest absolute Gasteiger partial charge is 0.343 e. The van der Waals surface area contributed by atoms with Crippen molar-refractivity contribution in [1.29, 1.82) is 0 Å². The number of aliphatic hydroxyl groups excluding tert-OH is 1. The predicted octanol–water partition coefficient (Wildman–Crippen LogP) is 0.514. The maximum atomic E-state index is 12.4. The Labute approximate surface area is 67.1 Å². The summed E-state index contributed by atoms with van der Waals surface area (Å²) in [6, 6.07) is 0. The number of hydrogen-bond acceptors (Lipinski definition) is 3. The van der Waals surface area contributed by atoms with Gasteiger partial charge in [-0.05, 0) is 6.92 Å². The van der Waals surface area contributed by atoms with E-state index in [1.54, 1.807) is 0 Å². The lowest BCUT2D eigenvalue weighted by Crippen LogP contribution is -2.36. The van der Waals surface area contributed by atoms with Gasteiger partial charge in [0.15, 0.2) is 6.10 Å². The van der Waals surface area contributed by atoms with Crippen LogP contribution in [0.4, 0.5) is 13.2 Å². The summed E-state index contributed by atoms with van der Waals surface area (Å²) in [5.41, 5.74) is 0. The van der Waals surface area contributed by atoms with Crippen molar-refractivity contribution in [1.82, 2.24) is 0 Å². The molecular formula is C6H9F3O3. The van der Waals surface area contributed by atoms with E-state index in [-0.39, 0.29) is 6.61 Å². The van der Waals surface area contributed by atoms with E-state index in [4.69, 9.17) is 5.11 Å². The number of rotatable bonds is 4. The zero-order valence-corrected chi connectivity index (χ0v) is 6.34. The number of carbonyl (C=O) groups is 1. The fourth-order valence-corrected chi connectivity index (χ4v) is 0.489. The third-order valence-corrected chi connectivity index (χ3v) is 1.07. The second-order valence-electron chi connectivity index (χ2n) is 1.98. The van der Waals surface area contributed by atoms with Gasteiger partial charge in [-0.15, -0.1) is 0 Å². The molecule has 0 aromatic heterocycles. The molecule has 2 atom stereocenters. The Balaban J connectivity index is 4.00. The molecule has 0 saturated carbocycles. The number of aliphatic hydroxyl groups is 1. The summed E-state index contributed by atoms with van der Waals surface area (Å²) in [5, 5.41) is 8.37. The minimum atomic E-state index is -3.29. The Hall–Kier alpha value is -0.780. The summed E-state index contributed by atoms with van der Waals surface area (Å²) in [4.78, 5) is 10.4. The first-order valence-corrected chi connectivity index (χ1v) is 3.27. The minimum absolute atomic E-state index is 0.116. The van der Waals surface area contributed by atoms with Crippen LogP contribution < -0.4 is 0 Å². The lowest BCUT2D eigenvalue weighted by Gasteiger charge is -2.12. The molecule has 1 N–H and O–H groups in total. The van der Waals surface area contributed by atoms with Crippen molar-refractivity contribution >= 4 is 5.97 Å². The Morgan fingerprint density at radius 1 is 1.50 bits per heavy atom. The van der Waals surface area contributed by atoms with Crippen LogP contribution in [0.1, 0.15) is 6.92 Å². The van der Waals surface area contributed by atoms with Gasteiger partial charge < -0.3 is 9.84 Å². The van der Waals surface area contributed by atoms with E-state index in [0.29, 0.717) is 0 Å². The number of halogens is 3. The number of alkyl halides is 3. The van der Waals surface area contributed by atoms with Gasteiger partial charge in [0.05, 0.1) is 6.61 Å². The highest BCUT2D eigenvalue weighted by atomic mass is 19.3. The summed E-state index contributed by atoms with van der Waals surface area (Å²) in [7, 11) is 0. The molecular weight excluding hydrogens is 177 g/mol. The van der Waals surface area contributed by atoms with Crippen LogP contribution in [0.25, 0.3) is 0 Å². The molecule has 72 valence electrons. The summed E-state index contributed by atoms with van der Waals surface area (Å²) in [5.74, 6) is -1.47. The third kappa shape index (κ3) is 3.08. The molecule has 3 nitrogen and oxygen atoms in total. The van der Waals surface area contributed by atoms with Gasteiger partial charge in [0.1, 0.15) is 0 Å². The molecule has 0 rings (SSSR count). The van der Waals surface area contributed by atoms with E-state index in [1.807, 2.05) is 0 Å². The summed E-state index contributed by atoms with van der Waals surface area (Å²) in [6.45, 7) is 1.29. The molecule has 0 radical (unpaired) electrons. The molecule has 6 heteroatoms. The van der Waals surface area contributed by atoms with Crippen LogP contribution in [0, 0.1) is 0 Å². The Kier molecular flexibility index (Phi) is 4.65. The molecule has 0 aromatic carbocycles. The van der Waals surface area contributed by atoms with E-state index in [2.05, 4.69) is 4.74 Å². The number of hydrogen-bond donors (Lipinski definition) is 1. The topological polar surface area (TPSA) is 46.5 Å². The molecule has 0 aromatic rings. The molecule has 12 heavy (non-hydrogen) atoms. The molecule has 0 amide bonds. The van der Waals surface area contributed by atoms with Crippen LogP contribution in [-0.2, 0) is 9.53 Å². The molecule has 0 aliphatic heterocycles. The molecule has 0 aliphatic rings. The third-order valence-electron chi connectivity index (χ3n) is 1.07. The van der Waals surface area contributed by atoms with Crippen molar-refractivity contribution in [2.45, 2.75) is 25.6 Å². The first-order valence-electron chi connectivity index (χ1n) is 3.27. The van der Waals surface area contributed by atoms with Crippen molar-refractivity contribution < 1.29 is 27.8 Å². The van der Waals surface area contributed by atoms with Crippen LogP contribution in [0.3, 0.4) is 0 Å². The molecule has 0 aliphatic carbocycles. The summed E-state index contributed by atoms with van der Waals surface area (Å²) < 4.78 is 39.7. The fraction of sp³-hybridized carbons (Fsp3) is 0.833. The monoisotopic (exact) mass is 186 g/mol. The first-order chi connectivity index (χ1) is 5.50. The van der Waals surface area contributed by atoms with Gasteiger partial charge in [0.25, 0.3) is 6.43 Å². The molecule has 2 unspecified atom stereocenters. The minimum Gasteiger partial charge on any atom is -0.464 e. The quantitative estimate of drug-likeness (QED) is 0.651. The Morgan fingerprint density at radius 3 is 2.33 bits per heavy atom. The van der Waals surface area contributed by atoms with E-state index in [0.717, 1.165) is 0 Å². The Morgan fingerprint density at radius 2 is 2.00 bits per heavy atom. The lowest BCUT2D eigenvalue weighted by molar-refractivity contribution is -0.158. The van der Waals surface area contributed by atoms with Gasteiger partial charge in [-0.25, -0.2) is 18.0 Å². The predicted molar refractivity (Wildman–Crippen MR) is 33.5 cm³/mol. The SMILES string of the molecule is CCOC(=O)C(F)C(O)C(F)F. The molecule has 0 fully saturated rings. The zero-order chi connectivity index (χ0) is 9.72. The second kappa shape index (κ2) is 4.97. The standard InChI is InChI=1S/C6H9F3O3/c1-2-12-6(11)3(7)4(10)5(8)9/h3-5,10H,2H2,1H3. The average molecular weight is 186 g/mol. The van der Waals surface area contributed by atoms with E-state index in [9.17, 15) is 18.0 Å². The van der Waals surface area contributed by atoms with Crippen molar-refractivity contribution in [2.24, 2.45) is 0 Å². The maximum absolute atomic E-state index is 12.4. The van der Waals surface area contributed by atoms with E-state index < -0.39 is 24.7 Å². The molecule has 0 spiro atoms. The second-order valence-corrected chi connectivity index (χ2v) is 1.98. The lowest BCUT2D eigenvalue weighted by atomic mass is 10.2. The molecule has 0 saturated heterocycles. The summed E-state index contributed by atoms with van der Waals surface area (Å²) >= 11 is 0. The highest BCUT2D eigenvalue weighted by molar-refractivity contribution is 5.75. The van der Waals surface area contributed by atoms with Gasteiger partial charge in [-0.2, -0.15) is 0 Å². The van der Waals surface area contributed by atoms with Gasteiger partial charge in [0, 0.05) is 0 Å². The maximum Gasteiger partial charge on any atom is 0.343 e. The highest BCUT2D eigenvalue weighted by Gasteiger charge is 2.34. The zero-order valence-electron chi connectivity index (χ0n) is 6.34. The Bertz CT molecular complexity index is 151. The summed E-state index contributed by atoms with van der Waals surface area (Å²) in [6.07, 6.45) is -8.57. The van der Waals surface area contributed by atoms with Crippen LogP contribution in [0.5, 0.6) is 0 Å². The van der Waals surface area contributed by atoms with Crippen LogP contribution in [0.2, 0.25) is 0 Å². The van der Waals surface area contributed by atoms with Crippen LogP contribution >= 0.6 is 0 Å². The molecule has 0 heterocycles. The van der Waals surface area contributed by atoms with Gasteiger partial charge in [0.2, 0.25) is 6.17 Å². The van der Waals surface area contributed by atoms with E-state index in [1.165, 1.54) is 6.92 Å². The number of ether oxygens (including phenoxy) is 1. The fourth-order valence-electron chi connectivity index (χ4n) is 0.489. The van der Waals surface area contributed by atoms with Gasteiger partial charge in [-0.1, -0.05) is 0 Å². The van der Waals surface area contributed by atoms with Crippen LogP contribution in [0.15, 0.2) is 0 Å². The number of carbonyl (C=O) groups excluding carboxylic acids is 1. The largest absolute Gasteiger partial charge is 0.464 e. The van der Waals surface area contributed by atoms with Gasteiger partial charge in [-0.3, -0.25) is 0 Å². The van der Waals surface area contributed by atoms with Crippen LogP contribution in [-0.4, -0.2) is 36.4 Å². The van der Waals surface area contributed by atoms with Gasteiger partial charge >= 0.3 is 5.97 Å². The normalized spacial score (nSPS) is 15.8. The van der Waals surface area contributed by atoms with Crippen molar-refractivity contribution in [2.75, 3.05) is 6.61 Å². The average Bonchev–Trinajstić information content (AvgIpc) is 2.02. The molecule has 0 bridgehead atoms. The van der Waals surface area contributed by atoms with E-state index >= 15 is 0 Å². The highest BCUT2D eigenvalue weighted by Crippen LogP contribution is 2.10. The first kappa shape index (κ1) is 11.2. The van der Waals surface area contributed by atoms with Crippen molar-refractivity contribution in [3.05, 3.63) is 0 Å². The van der Waals surface area contributed by atoms with Crippen molar-refractivity contribution in [3.8, 4) is 0 Å². The van der Waals surface area contributed by atoms with Crippen molar-refractivity contribution in [3.63, 3.8) is 0 Å².